The number of imidazole rings is 1. The van der Waals surface area contributed by atoms with Gasteiger partial charge in [-0.05, 0) is 48.7 Å². The second-order valence-corrected chi connectivity index (χ2v) is 9.80. The Hall–Kier alpha value is -5.25. The number of aliphatic hydroxyl groups is 1. The number of carbonyl (C=O) groups excluding carboxylic acids is 2. The van der Waals surface area contributed by atoms with Crippen LogP contribution in [0.2, 0.25) is 0 Å². The Morgan fingerprint density at radius 1 is 1.05 bits per heavy atom. The predicted octanol–water partition coefficient (Wildman–Crippen LogP) is 5.19. The number of ketones is 1. The van der Waals surface area contributed by atoms with E-state index in [0.717, 1.165) is 11.1 Å². The minimum absolute atomic E-state index is 0.119. The van der Waals surface area contributed by atoms with Crippen LogP contribution in [0.4, 0.5) is 5.69 Å². The van der Waals surface area contributed by atoms with Crippen molar-refractivity contribution in [3.8, 4) is 5.75 Å². The number of hydrogen-bond acceptors (Lipinski definition) is 7. The Balaban J connectivity index is 1.44. The van der Waals surface area contributed by atoms with Crippen LogP contribution < -0.4 is 4.74 Å². The molecule has 0 saturated carbocycles. The molecule has 1 fully saturated rings. The maximum Gasteiger partial charge on any atom is 0.295 e. The maximum atomic E-state index is 13.3. The smallest absolute Gasteiger partial charge is 0.295 e. The van der Waals surface area contributed by atoms with Gasteiger partial charge >= 0.3 is 0 Å². The van der Waals surface area contributed by atoms with Gasteiger partial charge in [0.15, 0.2) is 0 Å². The number of benzene rings is 3. The Bertz CT molecular complexity index is 1610. The number of aromatic nitrogens is 2. The van der Waals surface area contributed by atoms with Crippen molar-refractivity contribution in [2.75, 3.05) is 6.54 Å². The molecular formula is C31H28N4O6. The first-order chi connectivity index (χ1) is 19.8. The molecule has 1 aliphatic heterocycles. The number of likely N-dealkylation sites (tertiary alicyclic amines) is 1. The number of aryl methyl sites for hydroxylation is 2. The highest BCUT2D eigenvalue weighted by Gasteiger charge is 2.46. The number of nitro benzene ring substituents is 1. The van der Waals surface area contributed by atoms with Gasteiger partial charge in [0, 0.05) is 43.2 Å². The highest BCUT2D eigenvalue weighted by molar-refractivity contribution is 6.46. The van der Waals surface area contributed by atoms with E-state index < -0.39 is 22.7 Å². The van der Waals surface area contributed by atoms with Crippen molar-refractivity contribution in [3.05, 3.63) is 129 Å². The average molecular weight is 553 g/mol. The highest BCUT2D eigenvalue weighted by atomic mass is 16.6. The largest absolute Gasteiger partial charge is 0.507 e. The van der Waals surface area contributed by atoms with Crippen LogP contribution >= 0.6 is 0 Å². The van der Waals surface area contributed by atoms with Crippen molar-refractivity contribution in [1.82, 2.24) is 14.5 Å². The van der Waals surface area contributed by atoms with Crippen molar-refractivity contribution in [2.45, 2.75) is 32.5 Å². The van der Waals surface area contributed by atoms with Crippen LogP contribution in [0.1, 0.15) is 34.7 Å². The molecule has 10 nitrogen and oxygen atoms in total. The Morgan fingerprint density at radius 3 is 2.54 bits per heavy atom. The van der Waals surface area contributed by atoms with Crippen molar-refractivity contribution < 1.29 is 24.4 Å². The molecule has 5 rings (SSSR count). The summed E-state index contributed by atoms with van der Waals surface area (Å²) in [7, 11) is 0. The van der Waals surface area contributed by atoms with E-state index >= 15 is 0 Å². The fourth-order valence-corrected chi connectivity index (χ4v) is 4.94. The molecule has 0 radical (unpaired) electrons. The molecule has 2 heterocycles. The van der Waals surface area contributed by atoms with Gasteiger partial charge in [0.05, 0.1) is 22.9 Å². The van der Waals surface area contributed by atoms with Crippen molar-refractivity contribution in [2.24, 2.45) is 0 Å². The van der Waals surface area contributed by atoms with Gasteiger partial charge in [0.2, 0.25) is 0 Å². The quantitative estimate of drug-likeness (QED) is 0.0943. The molecule has 1 atom stereocenters. The summed E-state index contributed by atoms with van der Waals surface area (Å²) in [5, 5.41) is 22.8. The summed E-state index contributed by atoms with van der Waals surface area (Å²) in [6, 6.07) is 19.3. The fourth-order valence-electron chi connectivity index (χ4n) is 4.94. The van der Waals surface area contributed by atoms with Crippen molar-refractivity contribution >= 4 is 23.1 Å². The lowest BCUT2D eigenvalue weighted by atomic mass is 9.95. The van der Waals surface area contributed by atoms with Gasteiger partial charge < -0.3 is 19.3 Å². The number of hydrogen-bond donors (Lipinski definition) is 1. The zero-order valence-corrected chi connectivity index (χ0v) is 22.3. The molecule has 1 N–H and O–H groups in total. The highest BCUT2D eigenvalue weighted by Crippen LogP contribution is 2.40. The molecule has 4 aromatic rings. The molecule has 1 aliphatic rings. The van der Waals surface area contributed by atoms with Gasteiger partial charge in [-0.1, -0.05) is 42.0 Å². The van der Waals surface area contributed by atoms with E-state index in [1.165, 1.54) is 23.1 Å². The monoisotopic (exact) mass is 552 g/mol. The Kier molecular flexibility index (Phi) is 7.91. The molecule has 208 valence electrons. The first-order valence-corrected chi connectivity index (χ1v) is 13.1. The lowest BCUT2D eigenvalue weighted by molar-refractivity contribution is -0.384. The van der Waals surface area contributed by atoms with E-state index in [1.807, 2.05) is 35.8 Å². The van der Waals surface area contributed by atoms with Crippen LogP contribution in [0.15, 0.2) is 97.1 Å². The molecule has 0 spiro atoms. The summed E-state index contributed by atoms with van der Waals surface area (Å²) in [6.07, 6.45) is 5.59. The average Bonchev–Trinajstić information content (AvgIpc) is 3.58. The number of nitrogens with zero attached hydrogens (tertiary/aromatic N) is 4. The summed E-state index contributed by atoms with van der Waals surface area (Å²) in [5.74, 6) is -1.41. The number of ether oxygens (including phenoxy) is 1. The van der Waals surface area contributed by atoms with E-state index in [2.05, 4.69) is 4.98 Å². The molecular weight excluding hydrogens is 524 g/mol. The first-order valence-electron chi connectivity index (χ1n) is 13.1. The first kappa shape index (κ1) is 27.3. The molecule has 1 saturated heterocycles. The van der Waals surface area contributed by atoms with Crippen LogP contribution in [-0.2, 0) is 22.7 Å². The molecule has 0 aliphatic carbocycles. The zero-order chi connectivity index (χ0) is 28.9. The predicted molar refractivity (Wildman–Crippen MR) is 151 cm³/mol. The van der Waals surface area contributed by atoms with Crippen molar-refractivity contribution in [1.29, 1.82) is 0 Å². The SMILES string of the molecule is Cc1cccc(COc2ccc(/C(O)=C3/C(=O)C(=O)N(CCCn4ccnc4)C3c3cccc([N+](=O)[O-])c3)cc2)c1. The minimum atomic E-state index is -0.991. The lowest BCUT2D eigenvalue weighted by Gasteiger charge is -2.25. The Morgan fingerprint density at radius 2 is 1.83 bits per heavy atom. The van der Waals surface area contributed by atoms with Crippen LogP contribution in [0.3, 0.4) is 0 Å². The number of carbonyl (C=O) groups is 2. The third-order valence-corrected chi connectivity index (χ3v) is 6.93. The van der Waals surface area contributed by atoms with Crippen LogP contribution in [0, 0.1) is 17.0 Å². The zero-order valence-electron chi connectivity index (χ0n) is 22.3. The number of aliphatic hydroxyl groups excluding tert-OH is 1. The number of Topliss-reactive ketones (excluding diaryl/α,β-unsaturated/α-hetero) is 1. The van der Waals surface area contributed by atoms with Crippen LogP contribution in [0.5, 0.6) is 5.75 Å². The molecule has 1 unspecified atom stereocenters. The molecule has 10 heteroatoms. The number of rotatable bonds is 10. The van der Waals surface area contributed by atoms with Gasteiger partial charge in [-0.25, -0.2) is 4.98 Å². The summed E-state index contributed by atoms with van der Waals surface area (Å²) in [6.45, 7) is 3.11. The van der Waals surface area contributed by atoms with E-state index in [0.29, 0.717) is 36.4 Å². The van der Waals surface area contributed by atoms with Crippen LogP contribution in [0.25, 0.3) is 5.76 Å². The lowest BCUT2D eigenvalue weighted by Crippen LogP contribution is -2.31. The second-order valence-electron chi connectivity index (χ2n) is 9.80. The fraction of sp³-hybridized carbons (Fsp3) is 0.194. The van der Waals surface area contributed by atoms with E-state index in [4.69, 9.17) is 4.74 Å². The van der Waals surface area contributed by atoms with E-state index in [-0.39, 0.29) is 23.6 Å². The third-order valence-electron chi connectivity index (χ3n) is 6.93. The van der Waals surface area contributed by atoms with Gasteiger partial charge in [-0.2, -0.15) is 0 Å². The van der Waals surface area contributed by atoms with Crippen molar-refractivity contribution in [3.63, 3.8) is 0 Å². The third kappa shape index (κ3) is 6.01. The normalized spacial score (nSPS) is 16.2. The van der Waals surface area contributed by atoms with Gasteiger partial charge in [0.1, 0.15) is 18.1 Å². The van der Waals surface area contributed by atoms with E-state index in [1.54, 1.807) is 49.1 Å². The summed E-state index contributed by atoms with van der Waals surface area (Å²) >= 11 is 0. The molecule has 1 aromatic heterocycles. The summed E-state index contributed by atoms with van der Waals surface area (Å²) < 4.78 is 7.71. The molecule has 0 bridgehead atoms. The minimum Gasteiger partial charge on any atom is -0.507 e. The maximum absolute atomic E-state index is 13.3. The van der Waals surface area contributed by atoms with E-state index in [9.17, 15) is 24.8 Å². The van der Waals surface area contributed by atoms with Crippen LogP contribution in [-0.4, -0.2) is 42.7 Å². The van der Waals surface area contributed by atoms with Gasteiger partial charge in [-0.3, -0.25) is 19.7 Å². The number of non-ortho nitro benzene ring substituents is 1. The molecule has 1 amide bonds. The summed E-state index contributed by atoms with van der Waals surface area (Å²) in [5.41, 5.74) is 2.53. The number of nitro groups is 1. The van der Waals surface area contributed by atoms with Gasteiger partial charge in [0.25, 0.3) is 17.4 Å². The number of amides is 1. The topological polar surface area (TPSA) is 128 Å². The second kappa shape index (κ2) is 11.9. The Labute approximate surface area is 236 Å². The molecule has 41 heavy (non-hydrogen) atoms. The molecule has 3 aromatic carbocycles. The standard InChI is InChI=1S/C31H28N4O6/c1-21-5-2-6-22(17-21)19-41-26-11-9-23(10-12-26)29(36)27-28(24-7-3-8-25(18-24)35(39)40)34(31(38)30(27)37)15-4-14-33-16-13-32-20-33/h2-3,5-13,16-18,20,28,36H,4,14-15,19H2,1H3/b29-27-. The summed E-state index contributed by atoms with van der Waals surface area (Å²) in [4.78, 5) is 42.8. The van der Waals surface area contributed by atoms with Gasteiger partial charge in [-0.15, -0.1) is 0 Å².